The Hall–Kier alpha value is -1.62. The van der Waals surface area contributed by atoms with Gasteiger partial charge in [0.15, 0.2) is 0 Å². The van der Waals surface area contributed by atoms with Crippen LogP contribution in [0, 0.1) is 0 Å². The number of ether oxygens (including phenoxy) is 3. The van der Waals surface area contributed by atoms with Crippen LogP contribution < -0.4 is 4.74 Å². The Morgan fingerprint density at radius 2 is 2.25 bits per heavy atom. The highest BCUT2D eigenvalue weighted by Crippen LogP contribution is 2.09. The van der Waals surface area contributed by atoms with Gasteiger partial charge in [0.25, 0.3) is 0 Å². The molecule has 0 fully saturated rings. The van der Waals surface area contributed by atoms with Crippen molar-refractivity contribution in [3.05, 3.63) is 23.9 Å². The van der Waals surface area contributed by atoms with E-state index in [9.17, 15) is 4.79 Å². The normalized spacial score (nSPS) is 9.88. The van der Waals surface area contributed by atoms with E-state index in [0.29, 0.717) is 31.3 Å². The smallest absolute Gasteiger partial charge is 0.338 e. The third-order valence-corrected chi connectivity index (χ3v) is 1.84. The monoisotopic (exact) mass is 225 g/mol. The van der Waals surface area contributed by atoms with E-state index >= 15 is 0 Å². The zero-order valence-corrected chi connectivity index (χ0v) is 9.43. The maximum Gasteiger partial charge on any atom is 0.338 e. The number of rotatable bonds is 6. The molecule has 0 aliphatic heterocycles. The summed E-state index contributed by atoms with van der Waals surface area (Å²) in [7, 11) is 1.33. The number of pyridine rings is 1. The van der Waals surface area contributed by atoms with Crippen LogP contribution in [0.1, 0.15) is 17.3 Å². The second-order valence-corrected chi connectivity index (χ2v) is 2.92. The van der Waals surface area contributed by atoms with Gasteiger partial charge in [0, 0.05) is 18.9 Å². The van der Waals surface area contributed by atoms with Gasteiger partial charge in [-0.15, -0.1) is 0 Å². The van der Waals surface area contributed by atoms with Crippen molar-refractivity contribution in [2.75, 3.05) is 26.9 Å². The summed E-state index contributed by atoms with van der Waals surface area (Å²) in [5.74, 6) is -0.0142. The van der Waals surface area contributed by atoms with E-state index in [2.05, 4.69) is 9.72 Å². The van der Waals surface area contributed by atoms with Crippen LogP contribution >= 0.6 is 0 Å². The van der Waals surface area contributed by atoms with Crippen LogP contribution in [0.5, 0.6) is 5.88 Å². The van der Waals surface area contributed by atoms with Crippen molar-refractivity contribution in [3.8, 4) is 5.88 Å². The lowest BCUT2D eigenvalue weighted by atomic mass is 10.3. The van der Waals surface area contributed by atoms with Crippen molar-refractivity contribution in [1.29, 1.82) is 0 Å². The number of aromatic nitrogens is 1. The minimum atomic E-state index is -0.406. The van der Waals surface area contributed by atoms with Gasteiger partial charge in [0.1, 0.15) is 6.61 Å². The van der Waals surface area contributed by atoms with E-state index in [1.807, 2.05) is 6.92 Å². The van der Waals surface area contributed by atoms with Crippen LogP contribution in [-0.4, -0.2) is 37.9 Å². The molecule has 88 valence electrons. The molecule has 0 aromatic carbocycles. The van der Waals surface area contributed by atoms with Gasteiger partial charge in [-0.3, -0.25) is 0 Å². The molecule has 5 nitrogen and oxygen atoms in total. The second kappa shape index (κ2) is 6.79. The molecule has 0 aliphatic rings. The molecule has 0 radical (unpaired) electrons. The molecule has 0 amide bonds. The lowest BCUT2D eigenvalue weighted by Gasteiger charge is -2.06. The molecule has 0 bridgehead atoms. The summed E-state index contributed by atoms with van der Waals surface area (Å²) in [4.78, 5) is 15.2. The molecule has 0 saturated heterocycles. The SMILES string of the molecule is CCOCCOc1cc(C(=O)OC)ccn1. The first kappa shape index (κ1) is 12.4. The highest BCUT2D eigenvalue weighted by Gasteiger charge is 2.06. The first-order valence-electron chi connectivity index (χ1n) is 5.02. The van der Waals surface area contributed by atoms with Gasteiger partial charge in [-0.05, 0) is 13.0 Å². The lowest BCUT2D eigenvalue weighted by molar-refractivity contribution is 0.0599. The van der Waals surface area contributed by atoms with Gasteiger partial charge < -0.3 is 14.2 Å². The molecule has 1 heterocycles. The Labute approximate surface area is 94.3 Å². The first-order chi connectivity index (χ1) is 7.77. The number of esters is 1. The molecule has 0 N–H and O–H groups in total. The number of hydrogen-bond donors (Lipinski definition) is 0. The molecule has 0 spiro atoms. The Balaban J connectivity index is 2.50. The van der Waals surface area contributed by atoms with Crippen LogP contribution in [-0.2, 0) is 9.47 Å². The lowest BCUT2D eigenvalue weighted by Crippen LogP contribution is -2.08. The molecule has 16 heavy (non-hydrogen) atoms. The van der Waals surface area contributed by atoms with Crippen LogP contribution in [0.25, 0.3) is 0 Å². The fraction of sp³-hybridized carbons (Fsp3) is 0.455. The minimum Gasteiger partial charge on any atom is -0.475 e. The molecule has 1 aromatic heterocycles. The highest BCUT2D eigenvalue weighted by molar-refractivity contribution is 5.89. The van der Waals surface area contributed by atoms with Crippen molar-refractivity contribution >= 4 is 5.97 Å². The van der Waals surface area contributed by atoms with Gasteiger partial charge in [-0.2, -0.15) is 0 Å². The number of carbonyl (C=O) groups excluding carboxylic acids is 1. The molecule has 1 rings (SSSR count). The average molecular weight is 225 g/mol. The number of hydrogen-bond acceptors (Lipinski definition) is 5. The summed E-state index contributed by atoms with van der Waals surface area (Å²) >= 11 is 0. The van der Waals surface area contributed by atoms with Gasteiger partial charge in [0.2, 0.25) is 5.88 Å². The Morgan fingerprint density at radius 1 is 1.44 bits per heavy atom. The minimum absolute atomic E-state index is 0.391. The molecular weight excluding hydrogens is 210 g/mol. The van der Waals surface area contributed by atoms with Crippen molar-refractivity contribution in [3.63, 3.8) is 0 Å². The van der Waals surface area contributed by atoms with Gasteiger partial charge in [-0.25, -0.2) is 9.78 Å². The highest BCUT2D eigenvalue weighted by atomic mass is 16.5. The van der Waals surface area contributed by atoms with E-state index in [-0.39, 0.29) is 0 Å². The van der Waals surface area contributed by atoms with Crippen molar-refractivity contribution in [2.24, 2.45) is 0 Å². The van der Waals surface area contributed by atoms with E-state index in [4.69, 9.17) is 9.47 Å². The van der Waals surface area contributed by atoms with Crippen molar-refractivity contribution in [2.45, 2.75) is 6.92 Å². The number of methoxy groups -OCH3 is 1. The largest absolute Gasteiger partial charge is 0.475 e. The quantitative estimate of drug-likeness (QED) is 0.539. The molecular formula is C11H15NO4. The second-order valence-electron chi connectivity index (χ2n) is 2.92. The molecule has 0 unspecified atom stereocenters. The van der Waals surface area contributed by atoms with Gasteiger partial charge >= 0.3 is 5.97 Å². The summed E-state index contributed by atoms with van der Waals surface area (Å²) in [6.45, 7) is 3.47. The summed E-state index contributed by atoms with van der Waals surface area (Å²) in [6.07, 6.45) is 1.50. The predicted octanol–water partition coefficient (Wildman–Crippen LogP) is 1.28. The van der Waals surface area contributed by atoms with Crippen LogP contribution in [0.2, 0.25) is 0 Å². The standard InChI is InChI=1S/C11H15NO4/c1-3-15-6-7-16-10-8-9(4-5-12-10)11(13)14-2/h4-5,8H,3,6-7H2,1-2H3. The Bertz CT molecular complexity index is 341. The number of nitrogens with zero attached hydrogens (tertiary/aromatic N) is 1. The third kappa shape index (κ3) is 3.86. The maximum atomic E-state index is 11.2. The fourth-order valence-electron chi connectivity index (χ4n) is 1.08. The van der Waals surface area contributed by atoms with Gasteiger partial charge in [-0.1, -0.05) is 0 Å². The van der Waals surface area contributed by atoms with E-state index in [1.165, 1.54) is 19.4 Å². The fourth-order valence-corrected chi connectivity index (χ4v) is 1.08. The summed E-state index contributed by atoms with van der Waals surface area (Å²) in [5, 5.41) is 0. The van der Waals surface area contributed by atoms with E-state index in [0.717, 1.165) is 0 Å². The molecule has 1 aromatic rings. The van der Waals surface area contributed by atoms with Crippen LogP contribution in [0.4, 0.5) is 0 Å². The third-order valence-electron chi connectivity index (χ3n) is 1.84. The predicted molar refractivity (Wildman–Crippen MR) is 57.6 cm³/mol. The van der Waals surface area contributed by atoms with Crippen molar-refractivity contribution < 1.29 is 19.0 Å². The van der Waals surface area contributed by atoms with E-state index < -0.39 is 5.97 Å². The maximum absolute atomic E-state index is 11.2. The van der Waals surface area contributed by atoms with Gasteiger partial charge in [0.05, 0.1) is 19.3 Å². The Kier molecular flexibility index (Phi) is 5.28. The Morgan fingerprint density at radius 3 is 2.94 bits per heavy atom. The zero-order chi connectivity index (χ0) is 11.8. The summed E-state index contributed by atoms with van der Waals surface area (Å²) in [5.41, 5.74) is 0.420. The summed E-state index contributed by atoms with van der Waals surface area (Å²) < 4.78 is 15.0. The number of carbonyl (C=O) groups is 1. The average Bonchev–Trinajstić information content (AvgIpc) is 2.34. The van der Waals surface area contributed by atoms with E-state index in [1.54, 1.807) is 6.07 Å². The van der Waals surface area contributed by atoms with Crippen LogP contribution in [0.15, 0.2) is 18.3 Å². The topological polar surface area (TPSA) is 57.7 Å². The summed E-state index contributed by atoms with van der Waals surface area (Å²) in [6, 6.07) is 3.11. The molecule has 0 atom stereocenters. The molecule has 5 heteroatoms. The van der Waals surface area contributed by atoms with Crippen LogP contribution in [0.3, 0.4) is 0 Å². The first-order valence-corrected chi connectivity index (χ1v) is 5.02. The van der Waals surface area contributed by atoms with Crippen molar-refractivity contribution in [1.82, 2.24) is 4.98 Å². The molecule has 0 saturated carbocycles. The molecule has 0 aliphatic carbocycles. The zero-order valence-electron chi connectivity index (χ0n) is 9.43.